The Morgan fingerprint density at radius 3 is 2.35 bits per heavy atom. The average Bonchev–Trinajstić information content (AvgIpc) is 3.26. The Morgan fingerprint density at radius 2 is 1.63 bits per heavy atom. The quantitative estimate of drug-likeness (QED) is 0.111. The maximum Gasteiger partial charge on any atom is 0.326 e. The van der Waals surface area contributed by atoms with Crippen LogP contribution in [0, 0.1) is 5.95 Å². The molecule has 2 N–H and O–H groups in total. The molecule has 0 saturated heterocycles. The summed E-state index contributed by atoms with van der Waals surface area (Å²) in [5.74, 6) is -0.184. The van der Waals surface area contributed by atoms with Crippen LogP contribution in [0.4, 0.5) is 4.39 Å². The van der Waals surface area contributed by atoms with Crippen molar-refractivity contribution in [3.8, 4) is 28.4 Å². The summed E-state index contributed by atoms with van der Waals surface area (Å²) in [6.07, 6.45) is 2.18. The molecule has 0 bridgehead atoms. The van der Waals surface area contributed by atoms with Gasteiger partial charge in [0.05, 0.1) is 16.1 Å². The Bertz CT molecular complexity index is 2490. The summed E-state index contributed by atoms with van der Waals surface area (Å²) in [4.78, 5) is 32.8. The number of benzene rings is 5. The number of fused-ring (bicyclic) bond motifs is 2. The minimum atomic E-state index is -1.18. The second-order valence-corrected chi connectivity index (χ2v) is 15.8. The van der Waals surface area contributed by atoms with Gasteiger partial charge in [0.1, 0.15) is 25.0 Å². The first-order valence-electron chi connectivity index (χ1n) is 19.8. The molecule has 0 unspecified atom stereocenters. The van der Waals surface area contributed by atoms with Crippen molar-refractivity contribution in [2.75, 3.05) is 6.61 Å². The zero-order valence-corrected chi connectivity index (χ0v) is 34.2. The van der Waals surface area contributed by atoms with Crippen molar-refractivity contribution in [3.63, 3.8) is 0 Å². The van der Waals surface area contributed by atoms with Gasteiger partial charge in [-0.25, -0.2) is 9.78 Å². The molecular weight excluding hydrogens is 804 g/mol. The lowest BCUT2D eigenvalue weighted by atomic mass is 9.89. The van der Waals surface area contributed by atoms with E-state index in [2.05, 4.69) is 34.3 Å². The number of amides is 1. The van der Waals surface area contributed by atoms with E-state index in [0.717, 1.165) is 39.8 Å². The molecule has 1 aromatic heterocycles. The van der Waals surface area contributed by atoms with Crippen molar-refractivity contribution in [3.05, 3.63) is 177 Å². The molecule has 0 saturated carbocycles. The standard InChI is InChI=1S/C48H42Cl2FN3O6/c1-2-41(32-6-4-3-5-7-32)54-26-36-24-44-43(59-28-45(60-44)33-13-15-37(16-14-33)58-27-30-10-17-38(49)39(50)20-30)23-35(36)22-42(54)47(55)53-40(48(56)57)21-29-8-11-31(12-9-29)34-18-19-52-46(51)25-34/h3-20,23-25,40-42,45H,2,21-22,26-28H2,1H3,(H,53,55)(H,56,57)/t40-,41-,42-,45+/m0/s1. The zero-order chi connectivity index (χ0) is 41.8. The van der Waals surface area contributed by atoms with E-state index in [-0.39, 0.29) is 31.1 Å². The number of pyridine rings is 1. The van der Waals surface area contributed by atoms with Crippen molar-refractivity contribution < 1.29 is 33.3 Å². The molecule has 4 atom stereocenters. The Kier molecular flexibility index (Phi) is 12.3. The van der Waals surface area contributed by atoms with E-state index in [0.29, 0.717) is 58.0 Å². The maximum absolute atomic E-state index is 14.4. The number of carbonyl (C=O) groups excluding carboxylic acids is 1. The van der Waals surface area contributed by atoms with E-state index in [4.69, 9.17) is 37.4 Å². The van der Waals surface area contributed by atoms with Gasteiger partial charge in [-0.15, -0.1) is 0 Å². The van der Waals surface area contributed by atoms with Crippen LogP contribution in [0.1, 0.15) is 58.9 Å². The number of nitrogens with zero attached hydrogens (tertiary/aromatic N) is 2. The number of hydrogen-bond acceptors (Lipinski definition) is 7. The topological polar surface area (TPSA) is 110 Å². The molecule has 2 aliphatic heterocycles. The van der Waals surface area contributed by atoms with Crippen LogP contribution < -0.4 is 19.5 Å². The fourth-order valence-electron chi connectivity index (χ4n) is 7.94. The first-order chi connectivity index (χ1) is 29.1. The van der Waals surface area contributed by atoms with Crippen LogP contribution in [0.2, 0.25) is 10.0 Å². The van der Waals surface area contributed by atoms with Crippen LogP contribution in [0.15, 0.2) is 128 Å². The molecule has 12 heteroatoms. The van der Waals surface area contributed by atoms with Crippen molar-refractivity contribution in [1.29, 1.82) is 0 Å². The number of aromatic nitrogens is 1. The summed E-state index contributed by atoms with van der Waals surface area (Å²) < 4.78 is 32.6. The Morgan fingerprint density at radius 1 is 0.883 bits per heavy atom. The highest BCUT2D eigenvalue weighted by Crippen LogP contribution is 2.42. The first kappa shape index (κ1) is 40.8. The summed E-state index contributed by atoms with van der Waals surface area (Å²) in [7, 11) is 0. The molecule has 1 amide bonds. The number of nitrogens with one attached hydrogen (secondary N) is 1. The number of aliphatic carboxylic acids is 1. The largest absolute Gasteiger partial charge is 0.489 e. The van der Waals surface area contributed by atoms with Crippen LogP contribution >= 0.6 is 23.2 Å². The van der Waals surface area contributed by atoms with Crippen molar-refractivity contribution >= 4 is 35.1 Å². The lowest BCUT2D eigenvalue weighted by Gasteiger charge is -2.42. The third-order valence-corrected chi connectivity index (χ3v) is 11.8. The van der Waals surface area contributed by atoms with Crippen molar-refractivity contribution in [2.45, 2.75) is 63.6 Å². The summed E-state index contributed by atoms with van der Waals surface area (Å²) in [5.41, 5.74) is 6.99. The predicted octanol–water partition coefficient (Wildman–Crippen LogP) is 9.98. The number of hydrogen-bond donors (Lipinski definition) is 2. The predicted molar refractivity (Wildman–Crippen MR) is 228 cm³/mol. The molecule has 5 aromatic carbocycles. The smallest absolute Gasteiger partial charge is 0.326 e. The normalized spacial score (nSPS) is 16.9. The third-order valence-electron chi connectivity index (χ3n) is 11.1. The molecule has 0 spiro atoms. The fraction of sp³-hybridized carbons (Fsp3) is 0.229. The Hall–Kier alpha value is -5.94. The van der Waals surface area contributed by atoms with Gasteiger partial charge in [-0.1, -0.05) is 103 Å². The number of carboxylic acids is 1. The Balaban J connectivity index is 0.991. The minimum Gasteiger partial charge on any atom is -0.489 e. The molecule has 9 nitrogen and oxygen atoms in total. The lowest BCUT2D eigenvalue weighted by molar-refractivity contribution is -0.143. The summed E-state index contributed by atoms with van der Waals surface area (Å²) >= 11 is 12.2. The fourth-order valence-corrected chi connectivity index (χ4v) is 8.26. The highest BCUT2D eigenvalue weighted by atomic mass is 35.5. The molecule has 2 aliphatic rings. The van der Waals surface area contributed by atoms with E-state index in [1.807, 2.05) is 60.7 Å². The molecular formula is C48H42Cl2FN3O6. The van der Waals surface area contributed by atoms with Gasteiger partial charge in [0.25, 0.3) is 0 Å². The first-order valence-corrected chi connectivity index (χ1v) is 20.5. The highest BCUT2D eigenvalue weighted by Gasteiger charge is 2.39. The van der Waals surface area contributed by atoms with Crippen LogP contribution in [0.5, 0.6) is 17.2 Å². The summed E-state index contributed by atoms with van der Waals surface area (Å²) in [6, 6.07) is 35.4. The number of halogens is 3. The molecule has 6 aromatic rings. The van der Waals surface area contributed by atoms with E-state index >= 15 is 0 Å². The van der Waals surface area contributed by atoms with Crippen LogP contribution in [-0.4, -0.2) is 45.6 Å². The number of rotatable bonds is 13. The maximum atomic E-state index is 14.4. The van der Waals surface area contributed by atoms with Crippen LogP contribution in [0.25, 0.3) is 11.1 Å². The third kappa shape index (κ3) is 9.26. The number of carbonyl (C=O) groups is 2. The molecule has 60 heavy (non-hydrogen) atoms. The highest BCUT2D eigenvalue weighted by molar-refractivity contribution is 6.42. The molecule has 3 heterocycles. The zero-order valence-electron chi connectivity index (χ0n) is 32.7. The van der Waals surface area contributed by atoms with Gasteiger partial charge in [-0.05, 0) is 99.8 Å². The average molecular weight is 847 g/mol. The monoisotopic (exact) mass is 845 g/mol. The van der Waals surface area contributed by atoms with Gasteiger partial charge in [-0.3, -0.25) is 9.69 Å². The van der Waals surface area contributed by atoms with E-state index in [1.165, 1.54) is 12.3 Å². The molecule has 0 radical (unpaired) electrons. The van der Waals surface area contributed by atoms with E-state index in [1.54, 1.807) is 42.5 Å². The summed E-state index contributed by atoms with van der Waals surface area (Å²) in [5, 5.41) is 14.2. The molecule has 306 valence electrons. The molecule has 0 fully saturated rings. The number of ether oxygens (including phenoxy) is 3. The SMILES string of the molecule is CC[C@@H](c1ccccc1)N1Cc2cc3c(cc2C[C@H]1C(=O)N[C@@H](Cc1ccc(-c2ccnc(F)c2)cc1)C(=O)O)OC[C@H](c1ccc(OCc2ccc(Cl)c(Cl)c2)cc1)O3. The Labute approximate surface area is 357 Å². The second-order valence-electron chi connectivity index (χ2n) is 15.0. The molecule has 0 aliphatic carbocycles. The number of carboxylic acid groups (broad SMARTS) is 1. The van der Waals surface area contributed by atoms with Gasteiger partial charge in [-0.2, -0.15) is 4.39 Å². The van der Waals surface area contributed by atoms with Gasteiger partial charge >= 0.3 is 5.97 Å². The molecule has 8 rings (SSSR count). The van der Waals surface area contributed by atoms with E-state index in [9.17, 15) is 19.1 Å². The van der Waals surface area contributed by atoms with Gasteiger partial charge in [0.2, 0.25) is 11.9 Å². The van der Waals surface area contributed by atoms with Gasteiger partial charge in [0.15, 0.2) is 17.6 Å². The minimum absolute atomic E-state index is 0.0690. The van der Waals surface area contributed by atoms with E-state index < -0.39 is 24.0 Å². The van der Waals surface area contributed by atoms with Crippen LogP contribution in [-0.2, 0) is 35.6 Å². The summed E-state index contributed by atoms with van der Waals surface area (Å²) in [6.45, 7) is 3.15. The second kappa shape index (κ2) is 18.1. The van der Waals surface area contributed by atoms with Crippen molar-refractivity contribution in [2.24, 2.45) is 0 Å². The van der Waals surface area contributed by atoms with Gasteiger partial charge in [0, 0.05) is 31.3 Å². The van der Waals surface area contributed by atoms with Crippen molar-refractivity contribution in [1.82, 2.24) is 15.2 Å². The van der Waals surface area contributed by atoms with Gasteiger partial charge < -0.3 is 24.6 Å². The lowest BCUT2D eigenvalue weighted by Crippen LogP contribution is -2.55. The van der Waals surface area contributed by atoms with Crippen LogP contribution in [0.3, 0.4) is 0 Å².